The van der Waals surface area contributed by atoms with Gasteiger partial charge in [-0.05, 0) is 31.0 Å². The van der Waals surface area contributed by atoms with Gasteiger partial charge < -0.3 is 4.74 Å². The molecule has 1 heterocycles. The lowest BCUT2D eigenvalue weighted by Gasteiger charge is -2.18. The van der Waals surface area contributed by atoms with Crippen LogP contribution in [0.3, 0.4) is 0 Å². The summed E-state index contributed by atoms with van der Waals surface area (Å²) in [4.78, 5) is 4.37. The molecule has 2 aromatic rings. The van der Waals surface area contributed by atoms with Crippen molar-refractivity contribution in [3.8, 4) is 5.75 Å². The summed E-state index contributed by atoms with van der Waals surface area (Å²) in [7, 11) is 1.64. The molecule has 0 aliphatic carbocycles. The van der Waals surface area contributed by atoms with Gasteiger partial charge in [-0.3, -0.25) is 16.3 Å². The van der Waals surface area contributed by atoms with Crippen molar-refractivity contribution < 1.29 is 4.74 Å². The Kier molecular flexibility index (Phi) is 4.49. The first-order valence-electron chi connectivity index (χ1n) is 6.25. The second-order valence-corrected chi connectivity index (χ2v) is 4.50. The topological polar surface area (TPSA) is 60.2 Å². The molecule has 0 aliphatic rings. The second-order valence-electron chi connectivity index (χ2n) is 4.50. The third-order valence-electron chi connectivity index (χ3n) is 3.07. The maximum Gasteiger partial charge on any atom is 0.142 e. The average molecular weight is 257 g/mol. The Morgan fingerprint density at radius 3 is 2.84 bits per heavy atom. The first-order chi connectivity index (χ1) is 9.24. The highest BCUT2D eigenvalue weighted by Gasteiger charge is 2.16. The number of benzene rings is 1. The van der Waals surface area contributed by atoms with E-state index in [2.05, 4.69) is 35.5 Å². The van der Waals surface area contributed by atoms with E-state index in [1.165, 1.54) is 11.1 Å². The van der Waals surface area contributed by atoms with Crippen LogP contribution in [0.1, 0.15) is 22.9 Å². The number of nitrogens with two attached hydrogens (primary N) is 1. The number of pyridine rings is 1. The summed E-state index contributed by atoms with van der Waals surface area (Å²) in [6, 6.07) is 12.0. The number of methoxy groups -OCH3 is 1. The van der Waals surface area contributed by atoms with Crippen LogP contribution < -0.4 is 16.0 Å². The van der Waals surface area contributed by atoms with E-state index < -0.39 is 0 Å². The zero-order valence-corrected chi connectivity index (χ0v) is 11.3. The summed E-state index contributed by atoms with van der Waals surface area (Å²) in [5, 5.41) is 0. The van der Waals surface area contributed by atoms with Crippen molar-refractivity contribution in [2.45, 2.75) is 19.4 Å². The van der Waals surface area contributed by atoms with Gasteiger partial charge in [0, 0.05) is 6.20 Å². The molecule has 0 radical (unpaired) electrons. The number of hydrazine groups is 1. The van der Waals surface area contributed by atoms with Gasteiger partial charge in [-0.15, -0.1) is 0 Å². The van der Waals surface area contributed by atoms with Gasteiger partial charge in [0.1, 0.15) is 11.4 Å². The van der Waals surface area contributed by atoms with Gasteiger partial charge in [-0.1, -0.05) is 29.8 Å². The lowest BCUT2D eigenvalue weighted by Crippen LogP contribution is -2.30. The van der Waals surface area contributed by atoms with Crippen LogP contribution >= 0.6 is 0 Å². The van der Waals surface area contributed by atoms with Crippen LogP contribution in [0.15, 0.2) is 42.6 Å². The van der Waals surface area contributed by atoms with Crippen LogP contribution in [0.4, 0.5) is 0 Å². The molecule has 0 bridgehead atoms. The summed E-state index contributed by atoms with van der Waals surface area (Å²) in [6.45, 7) is 2.08. The zero-order valence-electron chi connectivity index (χ0n) is 11.3. The summed E-state index contributed by atoms with van der Waals surface area (Å²) >= 11 is 0. The number of hydrogen-bond donors (Lipinski definition) is 2. The Morgan fingerprint density at radius 1 is 1.32 bits per heavy atom. The molecule has 100 valence electrons. The minimum Gasteiger partial charge on any atom is -0.495 e. The predicted octanol–water partition coefficient (Wildman–Crippen LogP) is 2.15. The fourth-order valence-electron chi connectivity index (χ4n) is 2.15. The molecule has 0 spiro atoms. The fraction of sp³-hybridized carbons (Fsp3) is 0.267. The highest BCUT2D eigenvalue weighted by molar-refractivity contribution is 5.31. The third-order valence-corrected chi connectivity index (χ3v) is 3.07. The first-order valence-corrected chi connectivity index (χ1v) is 6.25. The van der Waals surface area contributed by atoms with Crippen molar-refractivity contribution in [2.75, 3.05) is 7.11 Å². The maximum atomic E-state index is 5.67. The molecule has 0 saturated carbocycles. The van der Waals surface area contributed by atoms with E-state index >= 15 is 0 Å². The molecule has 0 amide bonds. The minimum atomic E-state index is -0.0713. The Hall–Kier alpha value is -1.91. The zero-order chi connectivity index (χ0) is 13.7. The van der Waals surface area contributed by atoms with E-state index in [0.29, 0.717) is 0 Å². The smallest absolute Gasteiger partial charge is 0.142 e. The summed E-state index contributed by atoms with van der Waals surface area (Å²) < 4.78 is 5.33. The van der Waals surface area contributed by atoms with Crippen molar-refractivity contribution in [1.82, 2.24) is 10.4 Å². The monoisotopic (exact) mass is 257 g/mol. The highest BCUT2D eigenvalue weighted by atomic mass is 16.5. The molecule has 0 saturated heterocycles. The maximum absolute atomic E-state index is 5.67. The normalized spacial score (nSPS) is 12.2. The number of aromatic nitrogens is 1. The van der Waals surface area contributed by atoms with Crippen molar-refractivity contribution >= 4 is 0 Å². The van der Waals surface area contributed by atoms with Crippen LogP contribution in [0.5, 0.6) is 5.75 Å². The minimum absolute atomic E-state index is 0.0713. The molecule has 0 fully saturated rings. The van der Waals surface area contributed by atoms with Gasteiger partial charge in [-0.25, -0.2) is 0 Å². The predicted molar refractivity (Wildman–Crippen MR) is 75.7 cm³/mol. The molecular formula is C15H19N3O. The number of rotatable bonds is 5. The summed E-state index contributed by atoms with van der Waals surface area (Å²) in [5.41, 5.74) is 6.10. The molecule has 2 rings (SSSR count). The molecular weight excluding hydrogens is 238 g/mol. The average Bonchev–Trinajstić information content (AvgIpc) is 2.45. The molecule has 1 aromatic carbocycles. The van der Waals surface area contributed by atoms with Crippen molar-refractivity contribution in [2.24, 2.45) is 5.84 Å². The summed E-state index contributed by atoms with van der Waals surface area (Å²) in [5.74, 6) is 6.42. The van der Waals surface area contributed by atoms with Crippen LogP contribution in [0.25, 0.3) is 0 Å². The fourth-order valence-corrected chi connectivity index (χ4v) is 2.15. The Bertz CT molecular complexity index is 542. The number of hydrogen-bond acceptors (Lipinski definition) is 4. The largest absolute Gasteiger partial charge is 0.495 e. The Labute approximate surface area is 113 Å². The van der Waals surface area contributed by atoms with E-state index in [0.717, 1.165) is 17.9 Å². The van der Waals surface area contributed by atoms with Crippen LogP contribution in [0, 0.1) is 6.92 Å². The van der Waals surface area contributed by atoms with Gasteiger partial charge in [0.25, 0.3) is 0 Å². The first kappa shape index (κ1) is 13.5. The Morgan fingerprint density at radius 2 is 2.16 bits per heavy atom. The molecule has 1 unspecified atom stereocenters. The van der Waals surface area contributed by atoms with Gasteiger partial charge in [0.05, 0.1) is 13.2 Å². The van der Waals surface area contributed by atoms with E-state index in [-0.39, 0.29) is 6.04 Å². The molecule has 1 atom stereocenters. The quantitative estimate of drug-likeness (QED) is 0.636. The van der Waals surface area contributed by atoms with Crippen molar-refractivity contribution in [3.05, 3.63) is 59.4 Å². The number of aryl methyl sites for hydroxylation is 1. The van der Waals surface area contributed by atoms with E-state index in [1.54, 1.807) is 13.3 Å². The second kappa shape index (κ2) is 6.31. The van der Waals surface area contributed by atoms with Gasteiger partial charge in [0.15, 0.2) is 0 Å². The molecule has 19 heavy (non-hydrogen) atoms. The van der Waals surface area contributed by atoms with E-state index in [9.17, 15) is 0 Å². The molecule has 0 aliphatic heterocycles. The molecule has 3 N–H and O–H groups in total. The van der Waals surface area contributed by atoms with E-state index in [1.807, 2.05) is 18.2 Å². The lowest BCUT2D eigenvalue weighted by atomic mass is 10.0. The number of ether oxygens (including phenoxy) is 1. The summed E-state index contributed by atoms with van der Waals surface area (Å²) in [6.07, 6.45) is 2.52. The van der Waals surface area contributed by atoms with E-state index in [4.69, 9.17) is 10.6 Å². The lowest BCUT2D eigenvalue weighted by molar-refractivity contribution is 0.394. The van der Waals surface area contributed by atoms with Crippen LogP contribution in [-0.4, -0.2) is 12.1 Å². The molecule has 4 nitrogen and oxygen atoms in total. The molecule has 1 aromatic heterocycles. The standard InChI is InChI=1S/C15H19N3O/c1-11-5-3-6-12(9-11)10-13(18-16)15-14(19-2)7-4-8-17-15/h3-9,13,18H,10,16H2,1-2H3. The number of nitrogens with zero attached hydrogens (tertiary/aromatic N) is 1. The highest BCUT2D eigenvalue weighted by Crippen LogP contribution is 2.24. The number of nitrogens with one attached hydrogen (secondary N) is 1. The van der Waals surface area contributed by atoms with Crippen molar-refractivity contribution in [1.29, 1.82) is 0 Å². The molecule has 4 heteroatoms. The van der Waals surface area contributed by atoms with Crippen molar-refractivity contribution in [3.63, 3.8) is 0 Å². The van der Waals surface area contributed by atoms with Gasteiger partial charge in [-0.2, -0.15) is 0 Å². The van der Waals surface area contributed by atoms with Gasteiger partial charge >= 0.3 is 0 Å². The SMILES string of the molecule is COc1cccnc1C(Cc1cccc(C)c1)NN. The third kappa shape index (κ3) is 3.30. The van der Waals surface area contributed by atoms with Crippen LogP contribution in [0.2, 0.25) is 0 Å². The van der Waals surface area contributed by atoms with Crippen LogP contribution in [-0.2, 0) is 6.42 Å². The Balaban J connectivity index is 2.25. The van der Waals surface area contributed by atoms with Gasteiger partial charge in [0.2, 0.25) is 0 Å².